The molecule has 0 aliphatic carbocycles. The van der Waals surface area contributed by atoms with Crippen LogP contribution in [0.5, 0.6) is 0 Å². The first-order valence-corrected chi connectivity index (χ1v) is 5.67. The lowest BCUT2D eigenvalue weighted by molar-refractivity contribution is -0.127. The van der Waals surface area contributed by atoms with Gasteiger partial charge in [0.2, 0.25) is 0 Å². The van der Waals surface area contributed by atoms with E-state index >= 15 is 0 Å². The van der Waals surface area contributed by atoms with Crippen LogP contribution < -0.4 is 0 Å². The third-order valence-corrected chi connectivity index (χ3v) is 2.35. The van der Waals surface area contributed by atoms with Crippen molar-refractivity contribution in [3.05, 3.63) is 0 Å². The molecular weight excluding hydrogens is 216 g/mol. The molecule has 1 saturated heterocycles. The Bertz CT molecular complexity index is 287. The van der Waals surface area contributed by atoms with E-state index in [1.54, 1.807) is 0 Å². The summed E-state index contributed by atoms with van der Waals surface area (Å²) in [5.41, 5.74) is 0. The maximum absolute atomic E-state index is 10.7. The molecule has 1 fully saturated rings. The minimum atomic E-state index is -3.79. The minimum Gasteiger partial charge on any atom is -0.394 e. The molecule has 0 aromatic rings. The van der Waals surface area contributed by atoms with Gasteiger partial charge in [0.25, 0.3) is 10.1 Å². The van der Waals surface area contributed by atoms with E-state index in [-0.39, 0.29) is 0 Å². The Balaban J connectivity index is 2.70. The Morgan fingerprint density at radius 1 is 1.43 bits per heavy atom. The van der Waals surface area contributed by atoms with Crippen LogP contribution in [-0.4, -0.2) is 61.2 Å². The monoisotopic (exact) mass is 228 g/mol. The smallest absolute Gasteiger partial charge is 0.264 e. The summed E-state index contributed by atoms with van der Waals surface area (Å²) in [6, 6.07) is 0. The third-order valence-electron chi connectivity index (χ3n) is 1.78. The molecule has 84 valence electrons. The molecule has 8 heteroatoms. The molecule has 1 aliphatic rings. The van der Waals surface area contributed by atoms with Gasteiger partial charge in [-0.1, -0.05) is 0 Å². The van der Waals surface area contributed by atoms with Crippen LogP contribution >= 0.6 is 0 Å². The quantitative estimate of drug-likeness (QED) is 0.454. The molecule has 0 aromatic carbocycles. The number of aliphatic hydroxyl groups is 3. The molecule has 1 rings (SSSR count). The van der Waals surface area contributed by atoms with Crippen molar-refractivity contribution in [1.29, 1.82) is 0 Å². The highest BCUT2D eigenvalue weighted by Crippen LogP contribution is 2.23. The fourth-order valence-electron chi connectivity index (χ4n) is 1.17. The van der Waals surface area contributed by atoms with Crippen molar-refractivity contribution in [2.45, 2.75) is 24.6 Å². The second-order valence-electron chi connectivity index (χ2n) is 3.00. The Kier molecular flexibility index (Phi) is 3.45. The SMILES string of the molecule is CS(=O)(=O)O[C@H]1[C@H](O)[C@H](CO)O[C@H]1O. The largest absolute Gasteiger partial charge is 0.394 e. The summed E-state index contributed by atoms with van der Waals surface area (Å²) in [4.78, 5) is 0. The van der Waals surface area contributed by atoms with Crippen molar-refractivity contribution >= 4 is 10.1 Å². The van der Waals surface area contributed by atoms with Crippen molar-refractivity contribution < 1.29 is 32.7 Å². The summed E-state index contributed by atoms with van der Waals surface area (Å²) in [5.74, 6) is 0. The van der Waals surface area contributed by atoms with Gasteiger partial charge in [0.05, 0.1) is 12.9 Å². The third kappa shape index (κ3) is 2.62. The molecule has 3 N–H and O–H groups in total. The van der Waals surface area contributed by atoms with Crippen LogP contribution in [0.25, 0.3) is 0 Å². The molecule has 4 atom stereocenters. The van der Waals surface area contributed by atoms with Gasteiger partial charge in [-0.3, -0.25) is 4.18 Å². The van der Waals surface area contributed by atoms with Crippen molar-refractivity contribution in [1.82, 2.24) is 0 Å². The molecule has 1 heterocycles. The molecule has 0 saturated carbocycles. The van der Waals surface area contributed by atoms with Crippen LogP contribution in [0, 0.1) is 0 Å². The highest BCUT2D eigenvalue weighted by molar-refractivity contribution is 7.86. The first-order valence-electron chi connectivity index (χ1n) is 3.86. The van der Waals surface area contributed by atoms with Crippen LogP contribution in [0.2, 0.25) is 0 Å². The van der Waals surface area contributed by atoms with Gasteiger partial charge < -0.3 is 20.1 Å². The fourth-order valence-corrected chi connectivity index (χ4v) is 1.79. The molecule has 0 bridgehead atoms. The molecular formula is C6H12O7S. The van der Waals surface area contributed by atoms with Gasteiger partial charge in [-0.25, -0.2) is 0 Å². The maximum atomic E-state index is 10.7. The topological polar surface area (TPSA) is 113 Å². The summed E-state index contributed by atoms with van der Waals surface area (Å²) in [7, 11) is -3.79. The summed E-state index contributed by atoms with van der Waals surface area (Å²) in [6.07, 6.45) is -4.56. The molecule has 1 aliphatic heterocycles. The van der Waals surface area contributed by atoms with E-state index in [9.17, 15) is 13.5 Å². The summed E-state index contributed by atoms with van der Waals surface area (Å²) in [5, 5.41) is 27.2. The van der Waals surface area contributed by atoms with Gasteiger partial charge in [0, 0.05) is 0 Å². The predicted octanol–water partition coefficient (Wildman–Crippen LogP) is -2.60. The molecule has 0 amide bonds. The molecule has 14 heavy (non-hydrogen) atoms. The van der Waals surface area contributed by atoms with Crippen LogP contribution in [0.3, 0.4) is 0 Å². The van der Waals surface area contributed by atoms with E-state index < -0.39 is 41.3 Å². The summed E-state index contributed by atoms with van der Waals surface area (Å²) >= 11 is 0. The van der Waals surface area contributed by atoms with Gasteiger partial charge in [-0.2, -0.15) is 8.42 Å². The molecule has 0 aromatic heterocycles. The number of hydrogen-bond acceptors (Lipinski definition) is 7. The van der Waals surface area contributed by atoms with Crippen LogP contribution in [0.15, 0.2) is 0 Å². The molecule has 0 spiro atoms. The molecule has 0 unspecified atom stereocenters. The zero-order valence-electron chi connectivity index (χ0n) is 7.40. The lowest BCUT2D eigenvalue weighted by atomic mass is 10.1. The highest BCUT2D eigenvalue weighted by Gasteiger charge is 2.45. The van der Waals surface area contributed by atoms with E-state index in [0.717, 1.165) is 6.26 Å². The maximum Gasteiger partial charge on any atom is 0.264 e. The van der Waals surface area contributed by atoms with E-state index in [2.05, 4.69) is 8.92 Å². The number of hydrogen-bond donors (Lipinski definition) is 3. The standard InChI is InChI=1S/C6H12O7S/c1-14(10,11)13-5-4(8)3(2-7)12-6(5)9/h3-9H,2H2,1H3/t3-,4+,5-,6+/m0/s1. The second kappa shape index (κ2) is 4.09. The first kappa shape index (κ1) is 11.8. The van der Waals surface area contributed by atoms with Crippen molar-refractivity contribution in [2.75, 3.05) is 12.9 Å². The first-order chi connectivity index (χ1) is 6.35. The average molecular weight is 228 g/mol. The molecule has 7 nitrogen and oxygen atoms in total. The predicted molar refractivity (Wildman–Crippen MR) is 43.7 cm³/mol. The minimum absolute atomic E-state index is 0.526. The Labute approximate surface area is 81.0 Å². The van der Waals surface area contributed by atoms with Crippen LogP contribution in [-0.2, 0) is 19.0 Å². The Morgan fingerprint density at radius 2 is 2.00 bits per heavy atom. The van der Waals surface area contributed by atoms with Crippen molar-refractivity contribution in [3.8, 4) is 0 Å². The highest BCUT2D eigenvalue weighted by atomic mass is 32.2. The summed E-state index contributed by atoms with van der Waals surface area (Å²) < 4.78 is 30.5. The number of rotatable bonds is 3. The average Bonchev–Trinajstić information content (AvgIpc) is 2.29. The normalized spacial score (nSPS) is 38.9. The lowest BCUT2D eigenvalue weighted by Gasteiger charge is -2.15. The fraction of sp³-hybridized carbons (Fsp3) is 1.00. The van der Waals surface area contributed by atoms with Gasteiger partial charge >= 0.3 is 0 Å². The second-order valence-corrected chi connectivity index (χ2v) is 4.60. The molecule has 0 radical (unpaired) electrons. The Hall–Kier alpha value is -0.250. The summed E-state index contributed by atoms with van der Waals surface area (Å²) in [6.45, 7) is -0.526. The van der Waals surface area contributed by atoms with Crippen LogP contribution in [0.4, 0.5) is 0 Å². The van der Waals surface area contributed by atoms with E-state index in [0.29, 0.717) is 0 Å². The van der Waals surface area contributed by atoms with Gasteiger partial charge in [0.15, 0.2) is 12.4 Å². The van der Waals surface area contributed by atoms with Crippen molar-refractivity contribution in [3.63, 3.8) is 0 Å². The van der Waals surface area contributed by atoms with Gasteiger partial charge in [-0.15, -0.1) is 0 Å². The van der Waals surface area contributed by atoms with E-state index in [4.69, 9.17) is 10.2 Å². The Morgan fingerprint density at radius 3 is 2.36 bits per heavy atom. The number of aliphatic hydroxyl groups excluding tert-OH is 3. The van der Waals surface area contributed by atoms with Crippen LogP contribution in [0.1, 0.15) is 0 Å². The number of ether oxygens (including phenoxy) is 1. The zero-order chi connectivity index (χ0) is 10.9. The van der Waals surface area contributed by atoms with E-state index in [1.165, 1.54) is 0 Å². The van der Waals surface area contributed by atoms with Crippen molar-refractivity contribution in [2.24, 2.45) is 0 Å². The zero-order valence-corrected chi connectivity index (χ0v) is 8.22. The van der Waals surface area contributed by atoms with Gasteiger partial charge in [-0.05, 0) is 0 Å². The lowest BCUT2D eigenvalue weighted by Crippen LogP contribution is -2.37. The van der Waals surface area contributed by atoms with Gasteiger partial charge in [0.1, 0.15) is 12.2 Å². The van der Waals surface area contributed by atoms with E-state index in [1.807, 2.05) is 0 Å².